The van der Waals surface area contributed by atoms with Gasteiger partial charge in [0.15, 0.2) is 11.6 Å². The lowest BCUT2D eigenvalue weighted by atomic mass is 9.97. The van der Waals surface area contributed by atoms with E-state index in [1.807, 2.05) is 42.5 Å². The van der Waals surface area contributed by atoms with Crippen LogP contribution in [0.15, 0.2) is 55.1 Å². The SMILES string of the molecule is O=C(Nc1ccccc1)C1CCCN(c2ccc(-n3cncn3)nn2)C1. The summed E-state index contributed by atoms with van der Waals surface area (Å²) >= 11 is 0. The lowest BCUT2D eigenvalue weighted by molar-refractivity contribution is -0.120. The largest absolute Gasteiger partial charge is 0.354 e. The number of aromatic nitrogens is 5. The maximum atomic E-state index is 12.6. The third-order valence-corrected chi connectivity index (χ3v) is 4.45. The average Bonchev–Trinajstić information content (AvgIpc) is 3.24. The summed E-state index contributed by atoms with van der Waals surface area (Å²) in [5.74, 6) is 1.36. The van der Waals surface area contributed by atoms with Crippen LogP contribution in [0.25, 0.3) is 5.82 Å². The highest BCUT2D eigenvalue weighted by Gasteiger charge is 2.26. The maximum absolute atomic E-state index is 12.6. The standard InChI is InChI=1S/C18H19N7O/c26-18(21-15-6-2-1-3-7-15)14-5-4-10-24(11-14)16-8-9-17(23-22-16)25-13-19-12-20-25/h1-3,6-9,12-14H,4-5,10-11H2,(H,21,26). The highest BCUT2D eigenvalue weighted by molar-refractivity contribution is 5.93. The van der Waals surface area contributed by atoms with E-state index in [-0.39, 0.29) is 11.8 Å². The number of piperidine rings is 1. The number of nitrogens with one attached hydrogen (secondary N) is 1. The molecule has 1 atom stereocenters. The van der Waals surface area contributed by atoms with Crippen molar-refractivity contribution in [3.63, 3.8) is 0 Å². The quantitative estimate of drug-likeness (QED) is 0.774. The smallest absolute Gasteiger partial charge is 0.229 e. The summed E-state index contributed by atoms with van der Waals surface area (Å²) in [6.07, 6.45) is 4.85. The number of para-hydroxylation sites is 1. The first-order valence-electron chi connectivity index (χ1n) is 8.59. The molecule has 8 heteroatoms. The van der Waals surface area contributed by atoms with Gasteiger partial charge in [0.1, 0.15) is 12.7 Å². The van der Waals surface area contributed by atoms with Crippen LogP contribution < -0.4 is 10.2 Å². The minimum atomic E-state index is -0.0688. The topological polar surface area (TPSA) is 88.8 Å². The van der Waals surface area contributed by atoms with E-state index in [0.717, 1.165) is 30.9 Å². The van der Waals surface area contributed by atoms with Crippen molar-refractivity contribution in [1.29, 1.82) is 0 Å². The van der Waals surface area contributed by atoms with E-state index in [2.05, 4.69) is 30.5 Å². The van der Waals surface area contributed by atoms with Gasteiger partial charge in [-0.2, -0.15) is 5.10 Å². The van der Waals surface area contributed by atoms with E-state index in [0.29, 0.717) is 12.4 Å². The van der Waals surface area contributed by atoms with Crippen LogP contribution in [0.4, 0.5) is 11.5 Å². The second kappa shape index (κ2) is 7.30. The highest BCUT2D eigenvalue weighted by Crippen LogP contribution is 2.23. The number of rotatable bonds is 4. The summed E-state index contributed by atoms with van der Waals surface area (Å²) in [6, 6.07) is 13.3. The second-order valence-corrected chi connectivity index (χ2v) is 6.23. The molecule has 1 aliphatic heterocycles. The van der Waals surface area contributed by atoms with Gasteiger partial charge < -0.3 is 10.2 Å². The average molecular weight is 349 g/mol. The molecule has 0 spiro atoms. The van der Waals surface area contributed by atoms with Gasteiger partial charge in [-0.05, 0) is 37.1 Å². The Morgan fingerprint density at radius 1 is 1.08 bits per heavy atom. The summed E-state index contributed by atoms with van der Waals surface area (Å²) in [6.45, 7) is 1.50. The van der Waals surface area contributed by atoms with Gasteiger partial charge >= 0.3 is 0 Å². The lowest BCUT2D eigenvalue weighted by Crippen LogP contribution is -2.41. The van der Waals surface area contributed by atoms with Crippen molar-refractivity contribution in [2.45, 2.75) is 12.8 Å². The lowest BCUT2D eigenvalue weighted by Gasteiger charge is -2.32. The summed E-state index contributed by atoms with van der Waals surface area (Å²) in [5.41, 5.74) is 0.826. The fraction of sp³-hybridized carbons (Fsp3) is 0.278. The predicted octanol–water partition coefficient (Wildman–Crippen LogP) is 1.91. The molecule has 3 aromatic rings. The Balaban J connectivity index is 1.42. The third kappa shape index (κ3) is 3.53. The first kappa shape index (κ1) is 16.2. The summed E-state index contributed by atoms with van der Waals surface area (Å²) < 4.78 is 1.56. The molecule has 1 unspecified atom stereocenters. The summed E-state index contributed by atoms with van der Waals surface area (Å²) in [4.78, 5) is 18.6. The molecule has 2 aromatic heterocycles. The molecule has 1 fully saturated rings. The van der Waals surface area contributed by atoms with Crippen LogP contribution in [0.5, 0.6) is 0 Å². The van der Waals surface area contributed by atoms with Gasteiger partial charge in [-0.25, -0.2) is 9.67 Å². The van der Waals surface area contributed by atoms with Crippen molar-refractivity contribution < 1.29 is 4.79 Å². The molecule has 0 saturated carbocycles. The molecular weight excluding hydrogens is 330 g/mol. The normalized spacial score (nSPS) is 17.1. The van der Waals surface area contributed by atoms with E-state index in [1.54, 1.807) is 11.0 Å². The van der Waals surface area contributed by atoms with Crippen LogP contribution in [-0.4, -0.2) is 44.0 Å². The van der Waals surface area contributed by atoms with Gasteiger partial charge in [-0.1, -0.05) is 18.2 Å². The molecule has 132 valence electrons. The Kier molecular flexibility index (Phi) is 4.55. The van der Waals surface area contributed by atoms with Gasteiger partial charge in [0.25, 0.3) is 0 Å². The van der Waals surface area contributed by atoms with Crippen molar-refractivity contribution in [3.05, 3.63) is 55.1 Å². The number of nitrogens with zero attached hydrogens (tertiary/aromatic N) is 6. The van der Waals surface area contributed by atoms with Crippen molar-refractivity contribution in [2.75, 3.05) is 23.3 Å². The zero-order valence-electron chi connectivity index (χ0n) is 14.2. The number of amides is 1. The second-order valence-electron chi connectivity index (χ2n) is 6.23. The summed E-state index contributed by atoms with van der Waals surface area (Å²) in [7, 11) is 0. The molecule has 1 N–H and O–H groups in total. The number of hydrogen-bond acceptors (Lipinski definition) is 6. The maximum Gasteiger partial charge on any atom is 0.229 e. The molecule has 0 aliphatic carbocycles. The van der Waals surface area contributed by atoms with Crippen LogP contribution in [-0.2, 0) is 4.79 Å². The van der Waals surface area contributed by atoms with Gasteiger partial charge in [0.05, 0.1) is 5.92 Å². The molecule has 4 rings (SSSR count). The Labute approximate surface area is 150 Å². The van der Waals surface area contributed by atoms with E-state index in [9.17, 15) is 4.79 Å². The number of hydrogen-bond donors (Lipinski definition) is 1. The number of carbonyl (C=O) groups is 1. The predicted molar refractivity (Wildman–Crippen MR) is 97.0 cm³/mol. The molecule has 0 radical (unpaired) electrons. The van der Waals surface area contributed by atoms with Crippen molar-refractivity contribution >= 4 is 17.4 Å². The molecule has 26 heavy (non-hydrogen) atoms. The zero-order valence-corrected chi connectivity index (χ0v) is 14.2. The molecule has 1 aromatic carbocycles. The van der Waals surface area contributed by atoms with Gasteiger partial charge in [-0.3, -0.25) is 4.79 Å². The Morgan fingerprint density at radius 2 is 1.88 bits per heavy atom. The van der Waals surface area contributed by atoms with Crippen molar-refractivity contribution in [1.82, 2.24) is 25.0 Å². The van der Waals surface area contributed by atoms with Crippen molar-refractivity contribution in [2.24, 2.45) is 5.92 Å². The van der Waals surface area contributed by atoms with Crippen LogP contribution in [0.1, 0.15) is 12.8 Å². The number of anilines is 2. The van der Waals surface area contributed by atoms with Crippen LogP contribution in [0.3, 0.4) is 0 Å². The minimum Gasteiger partial charge on any atom is -0.354 e. The van der Waals surface area contributed by atoms with Crippen LogP contribution in [0, 0.1) is 5.92 Å². The van der Waals surface area contributed by atoms with E-state index in [4.69, 9.17) is 0 Å². The first-order chi connectivity index (χ1) is 12.8. The minimum absolute atomic E-state index is 0.0492. The fourth-order valence-corrected chi connectivity index (χ4v) is 3.10. The number of carbonyl (C=O) groups excluding carboxylic acids is 1. The van der Waals surface area contributed by atoms with E-state index >= 15 is 0 Å². The van der Waals surface area contributed by atoms with Gasteiger partial charge in [0, 0.05) is 18.8 Å². The molecule has 0 bridgehead atoms. The molecule has 8 nitrogen and oxygen atoms in total. The third-order valence-electron chi connectivity index (χ3n) is 4.45. The Hall–Kier alpha value is -3.29. The zero-order chi connectivity index (χ0) is 17.8. The van der Waals surface area contributed by atoms with E-state index < -0.39 is 0 Å². The Bertz CT molecular complexity index is 849. The molecular formula is C18H19N7O. The van der Waals surface area contributed by atoms with Gasteiger partial charge in [0.2, 0.25) is 5.91 Å². The molecule has 3 heterocycles. The Morgan fingerprint density at radius 3 is 2.62 bits per heavy atom. The highest BCUT2D eigenvalue weighted by atomic mass is 16.1. The molecule has 1 saturated heterocycles. The van der Waals surface area contributed by atoms with Crippen LogP contribution in [0.2, 0.25) is 0 Å². The monoisotopic (exact) mass is 349 g/mol. The summed E-state index contributed by atoms with van der Waals surface area (Å²) in [5, 5.41) is 15.5. The van der Waals surface area contributed by atoms with Gasteiger partial charge in [-0.15, -0.1) is 10.2 Å². The number of benzene rings is 1. The van der Waals surface area contributed by atoms with Crippen LogP contribution >= 0.6 is 0 Å². The van der Waals surface area contributed by atoms with Crippen molar-refractivity contribution in [3.8, 4) is 5.82 Å². The molecule has 1 aliphatic rings. The van der Waals surface area contributed by atoms with E-state index in [1.165, 1.54) is 6.33 Å². The molecule has 1 amide bonds. The first-order valence-corrected chi connectivity index (χ1v) is 8.59. The fourth-order valence-electron chi connectivity index (χ4n) is 3.10.